The molecule has 22 heavy (non-hydrogen) atoms. The average molecular weight is 311 g/mol. The molecule has 1 amide bonds. The quantitative estimate of drug-likeness (QED) is 0.917. The lowest BCUT2D eigenvalue weighted by Gasteiger charge is -2.11. The topological polar surface area (TPSA) is 47.6 Å². The third-order valence-corrected chi connectivity index (χ3v) is 2.46. The molecule has 2 aromatic rings. The van der Waals surface area contributed by atoms with Gasteiger partial charge in [-0.1, -0.05) is 24.3 Å². The van der Waals surface area contributed by atoms with Gasteiger partial charge in [0.1, 0.15) is 11.5 Å². The van der Waals surface area contributed by atoms with Crippen LogP contribution in [0.2, 0.25) is 0 Å². The number of para-hydroxylation sites is 1. The van der Waals surface area contributed by atoms with Gasteiger partial charge in [0.2, 0.25) is 0 Å². The number of ether oxygens (including phenoxy) is 2. The highest BCUT2D eigenvalue weighted by molar-refractivity contribution is 5.92. The first-order chi connectivity index (χ1) is 10.4. The summed E-state index contributed by atoms with van der Waals surface area (Å²) in [5.41, 5.74) is 0.184. The van der Waals surface area contributed by atoms with Gasteiger partial charge in [-0.25, -0.2) is 0 Å². The number of hydrogen-bond donors (Lipinski definition) is 1. The van der Waals surface area contributed by atoms with Crippen LogP contribution in [0.3, 0.4) is 0 Å². The number of alkyl halides is 3. The zero-order valence-electron chi connectivity index (χ0n) is 11.3. The van der Waals surface area contributed by atoms with Gasteiger partial charge in [0.25, 0.3) is 5.91 Å². The number of halogens is 3. The molecule has 7 heteroatoms. The molecule has 2 aromatic carbocycles. The van der Waals surface area contributed by atoms with Gasteiger partial charge in [0.05, 0.1) is 0 Å². The summed E-state index contributed by atoms with van der Waals surface area (Å²) >= 11 is 0. The molecule has 0 fully saturated rings. The number of hydrogen-bond acceptors (Lipinski definition) is 3. The van der Waals surface area contributed by atoms with Crippen LogP contribution in [0.25, 0.3) is 0 Å². The molecule has 0 aliphatic carbocycles. The molecular weight excluding hydrogens is 299 g/mol. The average Bonchev–Trinajstić information content (AvgIpc) is 2.45. The molecule has 0 spiro atoms. The maximum absolute atomic E-state index is 12.1. The second-order valence-electron chi connectivity index (χ2n) is 4.23. The number of amides is 1. The first kappa shape index (κ1) is 15.7. The van der Waals surface area contributed by atoms with Gasteiger partial charge in [-0.3, -0.25) is 4.79 Å². The zero-order valence-corrected chi connectivity index (χ0v) is 11.3. The molecule has 1 N–H and O–H groups in total. The van der Waals surface area contributed by atoms with Gasteiger partial charge in [0.15, 0.2) is 6.61 Å². The molecule has 0 radical (unpaired) electrons. The smallest absolute Gasteiger partial charge is 0.484 e. The van der Waals surface area contributed by atoms with E-state index in [0.717, 1.165) is 12.1 Å². The fraction of sp³-hybridized carbons (Fsp3) is 0.133. The summed E-state index contributed by atoms with van der Waals surface area (Å²) in [6, 6.07) is 13.7. The Labute approximate surface area is 124 Å². The van der Waals surface area contributed by atoms with Crippen LogP contribution in [0.5, 0.6) is 11.5 Å². The van der Waals surface area contributed by atoms with E-state index in [0.29, 0.717) is 5.75 Å². The minimum Gasteiger partial charge on any atom is -0.484 e. The first-order valence-electron chi connectivity index (χ1n) is 6.26. The van der Waals surface area contributed by atoms with Crippen LogP contribution in [0.15, 0.2) is 54.6 Å². The van der Waals surface area contributed by atoms with Crippen LogP contribution in [-0.4, -0.2) is 18.9 Å². The Hall–Kier alpha value is -2.70. The van der Waals surface area contributed by atoms with Crippen molar-refractivity contribution in [1.82, 2.24) is 0 Å². The molecule has 0 aliphatic heterocycles. The third-order valence-electron chi connectivity index (χ3n) is 2.46. The van der Waals surface area contributed by atoms with Gasteiger partial charge < -0.3 is 14.8 Å². The van der Waals surface area contributed by atoms with Crippen molar-refractivity contribution >= 4 is 11.6 Å². The van der Waals surface area contributed by atoms with Crippen LogP contribution < -0.4 is 14.8 Å². The van der Waals surface area contributed by atoms with Gasteiger partial charge >= 0.3 is 6.36 Å². The minimum atomic E-state index is -4.78. The fourth-order valence-corrected chi connectivity index (χ4v) is 1.63. The normalized spacial score (nSPS) is 10.9. The van der Waals surface area contributed by atoms with Crippen LogP contribution >= 0.6 is 0 Å². The number of benzene rings is 2. The van der Waals surface area contributed by atoms with Crippen LogP contribution in [0.1, 0.15) is 0 Å². The Morgan fingerprint density at radius 1 is 1.00 bits per heavy atom. The molecule has 0 bridgehead atoms. The SMILES string of the molecule is O=C(COc1ccccc1)Nc1cccc(OC(F)(F)F)c1. The van der Waals surface area contributed by atoms with Gasteiger partial charge in [-0.2, -0.15) is 0 Å². The summed E-state index contributed by atoms with van der Waals surface area (Å²) in [5, 5.41) is 2.43. The van der Waals surface area contributed by atoms with Gasteiger partial charge in [-0.05, 0) is 24.3 Å². The number of nitrogens with one attached hydrogen (secondary N) is 1. The molecule has 0 saturated heterocycles. The molecule has 0 aromatic heterocycles. The monoisotopic (exact) mass is 311 g/mol. The van der Waals surface area contributed by atoms with E-state index in [1.54, 1.807) is 30.3 Å². The molecule has 4 nitrogen and oxygen atoms in total. The van der Waals surface area contributed by atoms with Crippen molar-refractivity contribution in [3.05, 3.63) is 54.6 Å². The predicted molar refractivity (Wildman–Crippen MR) is 73.7 cm³/mol. The second-order valence-corrected chi connectivity index (χ2v) is 4.23. The fourth-order valence-electron chi connectivity index (χ4n) is 1.63. The Balaban J connectivity index is 1.90. The highest BCUT2D eigenvalue weighted by Gasteiger charge is 2.31. The summed E-state index contributed by atoms with van der Waals surface area (Å²) in [6.07, 6.45) is -4.78. The van der Waals surface area contributed by atoms with E-state index in [4.69, 9.17) is 4.74 Å². The van der Waals surface area contributed by atoms with Crippen LogP contribution in [0.4, 0.5) is 18.9 Å². The highest BCUT2D eigenvalue weighted by Crippen LogP contribution is 2.25. The van der Waals surface area contributed by atoms with Crippen molar-refractivity contribution in [1.29, 1.82) is 0 Å². The van der Waals surface area contributed by atoms with Crippen molar-refractivity contribution in [3.8, 4) is 11.5 Å². The molecule has 2 rings (SSSR count). The number of rotatable bonds is 5. The Morgan fingerprint density at radius 3 is 2.36 bits per heavy atom. The molecule has 0 saturated carbocycles. The van der Waals surface area contributed by atoms with Gasteiger partial charge in [-0.15, -0.1) is 13.2 Å². The summed E-state index contributed by atoms with van der Waals surface area (Å²) in [5.74, 6) is -0.380. The lowest BCUT2D eigenvalue weighted by molar-refractivity contribution is -0.274. The van der Waals surface area contributed by atoms with Gasteiger partial charge in [0, 0.05) is 11.8 Å². The Bertz CT molecular complexity index is 629. The zero-order chi connectivity index (χ0) is 16.0. The van der Waals surface area contributed by atoms with Crippen molar-refractivity contribution in [3.63, 3.8) is 0 Å². The molecular formula is C15H12F3NO3. The molecule has 0 unspecified atom stereocenters. The maximum Gasteiger partial charge on any atom is 0.573 e. The summed E-state index contributed by atoms with van der Waals surface area (Å²) in [4.78, 5) is 11.7. The van der Waals surface area contributed by atoms with E-state index in [-0.39, 0.29) is 12.3 Å². The maximum atomic E-state index is 12.1. The standard InChI is InChI=1S/C15H12F3NO3/c16-15(17,18)22-13-8-4-5-11(9-13)19-14(20)10-21-12-6-2-1-3-7-12/h1-9H,10H2,(H,19,20). The van der Waals surface area contributed by atoms with E-state index in [1.807, 2.05) is 0 Å². The van der Waals surface area contributed by atoms with E-state index in [1.165, 1.54) is 12.1 Å². The van der Waals surface area contributed by atoms with Crippen LogP contribution in [0, 0.1) is 0 Å². The Kier molecular flexibility index (Phi) is 4.88. The molecule has 0 heterocycles. The van der Waals surface area contributed by atoms with Crippen molar-refractivity contribution < 1.29 is 27.4 Å². The third kappa shape index (κ3) is 5.35. The largest absolute Gasteiger partial charge is 0.573 e. The number of carbonyl (C=O) groups excluding carboxylic acids is 1. The van der Waals surface area contributed by atoms with E-state index >= 15 is 0 Å². The van der Waals surface area contributed by atoms with Crippen LogP contribution in [-0.2, 0) is 4.79 Å². The number of anilines is 1. The summed E-state index contributed by atoms with van der Waals surface area (Å²) in [6.45, 7) is -0.256. The van der Waals surface area contributed by atoms with E-state index < -0.39 is 18.0 Å². The predicted octanol–water partition coefficient (Wildman–Crippen LogP) is 3.60. The molecule has 0 atom stereocenters. The lowest BCUT2D eigenvalue weighted by Crippen LogP contribution is -2.20. The van der Waals surface area contributed by atoms with E-state index in [2.05, 4.69) is 10.1 Å². The molecule has 0 aliphatic rings. The lowest BCUT2D eigenvalue weighted by atomic mass is 10.3. The minimum absolute atomic E-state index is 0.184. The highest BCUT2D eigenvalue weighted by atomic mass is 19.4. The summed E-state index contributed by atoms with van der Waals surface area (Å²) in [7, 11) is 0. The molecule has 116 valence electrons. The second kappa shape index (κ2) is 6.84. The van der Waals surface area contributed by atoms with Crippen molar-refractivity contribution in [2.24, 2.45) is 0 Å². The van der Waals surface area contributed by atoms with Crippen molar-refractivity contribution in [2.75, 3.05) is 11.9 Å². The first-order valence-corrected chi connectivity index (χ1v) is 6.26. The Morgan fingerprint density at radius 2 is 1.68 bits per heavy atom. The van der Waals surface area contributed by atoms with E-state index in [9.17, 15) is 18.0 Å². The number of carbonyl (C=O) groups is 1. The van der Waals surface area contributed by atoms with Crippen molar-refractivity contribution in [2.45, 2.75) is 6.36 Å². The summed E-state index contributed by atoms with van der Waals surface area (Å²) < 4.78 is 45.3.